The van der Waals surface area contributed by atoms with Gasteiger partial charge in [0.2, 0.25) is 0 Å². The molecule has 0 unspecified atom stereocenters. The Morgan fingerprint density at radius 2 is 1.91 bits per heavy atom. The molecule has 1 amide bonds. The largest absolute Gasteiger partial charge is 0.493 e. The molecule has 0 radical (unpaired) electrons. The number of aromatic nitrogens is 1. The molecule has 1 aromatic carbocycles. The Morgan fingerprint density at radius 3 is 2.52 bits per heavy atom. The van der Waals surface area contributed by atoms with Crippen LogP contribution in [0.25, 0.3) is 0 Å². The number of rotatable bonds is 6. The Morgan fingerprint density at radius 1 is 1.13 bits per heavy atom. The maximum absolute atomic E-state index is 12.3. The molecule has 23 heavy (non-hydrogen) atoms. The van der Waals surface area contributed by atoms with E-state index in [2.05, 4.69) is 15.6 Å². The smallest absolute Gasteiger partial charge is 0.256 e. The van der Waals surface area contributed by atoms with Crippen molar-refractivity contribution in [3.63, 3.8) is 0 Å². The van der Waals surface area contributed by atoms with Crippen molar-refractivity contribution in [1.82, 2.24) is 4.98 Å². The molecule has 1 aromatic heterocycles. The van der Waals surface area contributed by atoms with E-state index in [1.165, 1.54) is 20.0 Å². The van der Waals surface area contributed by atoms with Crippen LogP contribution in [0.3, 0.4) is 0 Å². The van der Waals surface area contributed by atoms with Crippen LogP contribution < -0.4 is 20.1 Å². The van der Waals surface area contributed by atoms with E-state index in [-0.39, 0.29) is 5.91 Å². The lowest BCUT2D eigenvalue weighted by Gasteiger charge is -2.10. The first-order valence-electron chi connectivity index (χ1n) is 7.45. The minimum Gasteiger partial charge on any atom is -0.493 e. The Bertz CT molecular complexity index is 697. The number of nitrogens with zero attached hydrogens (tertiary/aromatic N) is 1. The van der Waals surface area contributed by atoms with Gasteiger partial charge in [-0.1, -0.05) is 0 Å². The van der Waals surface area contributed by atoms with Crippen molar-refractivity contribution < 1.29 is 14.3 Å². The van der Waals surface area contributed by atoms with Gasteiger partial charge in [-0.3, -0.25) is 4.79 Å². The van der Waals surface area contributed by atoms with Gasteiger partial charge in [-0.2, -0.15) is 0 Å². The Hall–Kier alpha value is -2.76. The summed E-state index contributed by atoms with van der Waals surface area (Å²) < 4.78 is 10.4. The summed E-state index contributed by atoms with van der Waals surface area (Å²) in [7, 11) is 3.09. The number of hydrogen-bond donors (Lipinski definition) is 2. The zero-order valence-corrected chi connectivity index (χ0v) is 13.1. The van der Waals surface area contributed by atoms with Crippen LogP contribution in [0.15, 0.2) is 36.5 Å². The lowest BCUT2D eigenvalue weighted by atomic mass is 10.2. The van der Waals surface area contributed by atoms with Crippen LogP contribution in [-0.4, -0.2) is 31.2 Å². The summed E-state index contributed by atoms with van der Waals surface area (Å²) in [5, 5.41) is 6.12. The standard InChI is InChI=1S/C17H19N3O3/c1-22-14-7-3-11(9-15(14)23-2)17(21)20-16-8-6-13(10-18-16)19-12-4-5-12/h3,6-10,12,19H,4-5H2,1-2H3,(H,18,20,21). The molecule has 6 nitrogen and oxygen atoms in total. The molecule has 6 heteroatoms. The van der Waals surface area contributed by atoms with Crippen LogP contribution in [-0.2, 0) is 0 Å². The fourth-order valence-corrected chi connectivity index (χ4v) is 2.18. The van der Waals surface area contributed by atoms with E-state index in [0.717, 1.165) is 5.69 Å². The topological polar surface area (TPSA) is 72.5 Å². The van der Waals surface area contributed by atoms with E-state index in [1.807, 2.05) is 6.07 Å². The second kappa shape index (κ2) is 6.56. The molecule has 1 saturated carbocycles. The first-order chi connectivity index (χ1) is 11.2. The van der Waals surface area contributed by atoms with Gasteiger partial charge >= 0.3 is 0 Å². The average molecular weight is 313 g/mol. The fourth-order valence-electron chi connectivity index (χ4n) is 2.18. The number of methoxy groups -OCH3 is 2. The summed E-state index contributed by atoms with van der Waals surface area (Å²) >= 11 is 0. The molecule has 0 spiro atoms. The van der Waals surface area contributed by atoms with Crippen molar-refractivity contribution in [3.8, 4) is 11.5 Å². The normalized spacial score (nSPS) is 13.3. The van der Waals surface area contributed by atoms with Gasteiger partial charge in [-0.15, -0.1) is 0 Å². The van der Waals surface area contributed by atoms with Gasteiger partial charge in [0.15, 0.2) is 11.5 Å². The van der Waals surface area contributed by atoms with Crippen molar-refractivity contribution in [2.45, 2.75) is 18.9 Å². The SMILES string of the molecule is COc1ccc(C(=O)Nc2ccc(NC3CC3)cn2)cc1OC. The second-order valence-electron chi connectivity index (χ2n) is 5.37. The third-order valence-corrected chi connectivity index (χ3v) is 3.60. The first-order valence-corrected chi connectivity index (χ1v) is 7.45. The molecule has 3 rings (SSSR count). The van der Waals surface area contributed by atoms with Gasteiger partial charge in [0, 0.05) is 11.6 Å². The van der Waals surface area contributed by atoms with Gasteiger partial charge in [-0.25, -0.2) is 4.98 Å². The highest BCUT2D eigenvalue weighted by Crippen LogP contribution is 2.28. The highest BCUT2D eigenvalue weighted by molar-refractivity contribution is 6.04. The summed E-state index contributed by atoms with van der Waals surface area (Å²) in [5.41, 5.74) is 1.45. The number of anilines is 2. The van der Waals surface area contributed by atoms with E-state index in [9.17, 15) is 4.79 Å². The highest BCUT2D eigenvalue weighted by atomic mass is 16.5. The van der Waals surface area contributed by atoms with Crippen LogP contribution in [0.2, 0.25) is 0 Å². The van der Waals surface area contributed by atoms with Crippen molar-refractivity contribution in [2.24, 2.45) is 0 Å². The molecule has 2 aromatic rings. The molecule has 120 valence electrons. The zero-order valence-electron chi connectivity index (χ0n) is 13.1. The second-order valence-corrected chi connectivity index (χ2v) is 5.37. The fraction of sp³-hybridized carbons (Fsp3) is 0.294. The van der Waals surface area contributed by atoms with E-state index in [0.29, 0.717) is 28.9 Å². The van der Waals surface area contributed by atoms with Crippen molar-refractivity contribution in [1.29, 1.82) is 0 Å². The van der Waals surface area contributed by atoms with E-state index >= 15 is 0 Å². The summed E-state index contributed by atoms with van der Waals surface area (Å²) in [6, 6.07) is 9.28. The van der Waals surface area contributed by atoms with Crippen LogP contribution in [0.1, 0.15) is 23.2 Å². The average Bonchev–Trinajstić information content (AvgIpc) is 3.40. The minimum atomic E-state index is -0.249. The number of nitrogens with one attached hydrogen (secondary N) is 2. The van der Waals surface area contributed by atoms with E-state index in [4.69, 9.17) is 9.47 Å². The Labute approximate surface area is 134 Å². The third-order valence-electron chi connectivity index (χ3n) is 3.60. The van der Waals surface area contributed by atoms with Crippen LogP contribution >= 0.6 is 0 Å². The minimum absolute atomic E-state index is 0.249. The van der Waals surface area contributed by atoms with Gasteiger partial charge in [0.1, 0.15) is 5.82 Å². The summed E-state index contributed by atoms with van der Waals surface area (Å²) in [4.78, 5) is 16.5. The number of carbonyl (C=O) groups excluding carboxylic acids is 1. The maximum atomic E-state index is 12.3. The molecular weight excluding hydrogens is 294 g/mol. The molecule has 1 fully saturated rings. The van der Waals surface area contributed by atoms with Crippen LogP contribution in [0, 0.1) is 0 Å². The number of hydrogen-bond acceptors (Lipinski definition) is 5. The number of ether oxygens (including phenoxy) is 2. The maximum Gasteiger partial charge on any atom is 0.256 e. The summed E-state index contributed by atoms with van der Waals surface area (Å²) in [5.74, 6) is 1.35. The van der Waals surface area contributed by atoms with Gasteiger partial charge in [-0.05, 0) is 43.2 Å². The van der Waals surface area contributed by atoms with Gasteiger partial charge in [0.05, 0.1) is 26.1 Å². The first kappa shape index (κ1) is 15.1. The highest BCUT2D eigenvalue weighted by Gasteiger charge is 2.20. The number of pyridine rings is 1. The lowest BCUT2D eigenvalue weighted by Crippen LogP contribution is -2.13. The zero-order chi connectivity index (χ0) is 16.2. The molecule has 0 saturated heterocycles. The predicted molar refractivity (Wildman–Crippen MR) is 88.4 cm³/mol. The van der Waals surface area contributed by atoms with Crippen molar-refractivity contribution >= 4 is 17.4 Å². The van der Waals surface area contributed by atoms with Crippen LogP contribution in [0.5, 0.6) is 11.5 Å². The Kier molecular flexibility index (Phi) is 4.32. The summed E-state index contributed by atoms with van der Waals surface area (Å²) in [6.45, 7) is 0. The number of benzene rings is 1. The van der Waals surface area contributed by atoms with Crippen LogP contribution in [0.4, 0.5) is 11.5 Å². The molecule has 1 heterocycles. The van der Waals surface area contributed by atoms with Crippen molar-refractivity contribution in [2.75, 3.05) is 24.9 Å². The van der Waals surface area contributed by atoms with E-state index < -0.39 is 0 Å². The number of amides is 1. The number of carbonyl (C=O) groups is 1. The molecule has 0 bridgehead atoms. The monoisotopic (exact) mass is 313 g/mol. The van der Waals surface area contributed by atoms with E-state index in [1.54, 1.807) is 37.6 Å². The summed E-state index contributed by atoms with van der Waals surface area (Å²) in [6.07, 6.45) is 4.14. The lowest BCUT2D eigenvalue weighted by molar-refractivity contribution is 0.102. The molecule has 1 aliphatic rings. The molecule has 0 atom stereocenters. The third kappa shape index (κ3) is 3.71. The molecule has 1 aliphatic carbocycles. The van der Waals surface area contributed by atoms with Crippen molar-refractivity contribution in [3.05, 3.63) is 42.1 Å². The quantitative estimate of drug-likeness (QED) is 0.858. The van der Waals surface area contributed by atoms with Gasteiger partial charge < -0.3 is 20.1 Å². The van der Waals surface area contributed by atoms with Gasteiger partial charge in [0.25, 0.3) is 5.91 Å². The predicted octanol–water partition coefficient (Wildman–Crippen LogP) is 2.93. The molecule has 0 aliphatic heterocycles. The Balaban J connectivity index is 1.68. The molecule has 2 N–H and O–H groups in total. The molecular formula is C17H19N3O3.